The third-order valence-corrected chi connectivity index (χ3v) is 19.4. The van der Waals surface area contributed by atoms with Gasteiger partial charge in [-0.05, 0) is 51.8 Å². The van der Waals surface area contributed by atoms with Gasteiger partial charge in [0.1, 0.15) is 18.4 Å². The molecule has 10 aliphatic rings. The second-order valence-electron chi connectivity index (χ2n) is 13.4. The van der Waals surface area contributed by atoms with E-state index >= 15 is 0 Å². The zero-order valence-corrected chi connectivity index (χ0v) is 28.0. The molecule has 0 radical (unpaired) electrons. The minimum Gasteiger partial charge on any atom is -0.392 e. The van der Waals surface area contributed by atoms with Crippen LogP contribution in [0.3, 0.4) is 0 Å². The number of aliphatic hydroxyl groups is 2. The first kappa shape index (κ1) is 28.3. The molecular formula is C30H28N6O6S4. The van der Waals surface area contributed by atoms with E-state index in [1.54, 1.807) is 18.9 Å². The number of anilines is 2. The van der Waals surface area contributed by atoms with Crippen LogP contribution in [0.2, 0.25) is 0 Å². The molecule has 12 rings (SSSR count). The highest BCUT2D eigenvalue weighted by molar-refractivity contribution is 8.78. The molecule has 10 aliphatic heterocycles. The predicted octanol–water partition coefficient (Wildman–Crippen LogP) is 1.33. The maximum absolute atomic E-state index is 14.7. The van der Waals surface area contributed by atoms with E-state index in [9.17, 15) is 29.4 Å². The van der Waals surface area contributed by atoms with E-state index < -0.39 is 67.2 Å². The molecule has 0 aromatic heterocycles. The molecule has 0 aliphatic carbocycles. The van der Waals surface area contributed by atoms with Crippen LogP contribution in [0.4, 0.5) is 11.4 Å². The fourth-order valence-corrected chi connectivity index (χ4v) is 17.0. The summed E-state index contributed by atoms with van der Waals surface area (Å²) in [4.78, 5) is 58.6. The number of nitrogens with one attached hydrogen (secondary N) is 2. The first-order valence-electron chi connectivity index (χ1n) is 14.9. The van der Waals surface area contributed by atoms with Crippen LogP contribution in [0.25, 0.3) is 0 Å². The summed E-state index contributed by atoms with van der Waals surface area (Å²) in [6.45, 7) is 1.17. The number of amides is 4. The Balaban J connectivity index is 1.32. The van der Waals surface area contributed by atoms with Gasteiger partial charge in [-0.2, -0.15) is 0 Å². The molecule has 2 aromatic rings. The van der Waals surface area contributed by atoms with Gasteiger partial charge in [0.2, 0.25) is 9.74 Å². The number of rotatable bonds is 2. The molecule has 8 fully saturated rings. The molecule has 238 valence electrons. The summed E-state index contributed by atoms with van der Waals surface area (Å²) in [5, 5.41) is 31.1. The van der Waals surface area contributed by atoms with Crippen molar-refractivity contribution in [3.05, 3.63) is 59.7 Å². The van der Waals surface area contributed by atoms with Crippen molar-refractivity contribution < 1.29 is 29.4 Å². The summed E-state index contributed by atoms with van der Waals surface area (Å²) in [5.41, 5.74) is 0.336. The lowest BCUT2D eigenvalue weighted by molar-refractivity contribution is -0.169. The minimum atomic E-state index is -1.74. The molecule has 8 saturated heterocycles. The first-order valence-corrected chi connectivity index (χ1v) is 19.2. The maximum Gasteiger partial charge on any atom is 0.265 e. The number of aliphatic hydroxyl groups excluding tert-OH is 2. The predicted molar refractivity (Wildman–Crippen MR) is 175 cm³/mol. The maximum atomic E-state index is 14.7. The van der Waals surface area contributed by atoms with Gasteiger partial charge in [-0.3, -0.25) is 29.0 Å². The zero-order chi connectivity index (χ0) is 32.0. The number of carbonyl (C=O) groups excluding carboxylic acids is 4. The van der Waals surface area contributed by atoms with E-state index in [1.165, 1.54) is 43.3 Å². The lowest BCUT2D eigenvalue weighted by Crippen LogP contribution is -2.79. The van der Waals surface area contributed by atoms with Gasteiger partial charge in [0, 0.05) is 31.9 Å². The van der Waals surface area contributed by atoms with Crippen LogP contribution < -0.4 is 10.6 Å². The minimum absolute atomic E-state index is 0.131. The third-order valence-electron chi connectivity index (χ3n) is 12.0. The fourth-order valence-electron chi connectivity index (χ4n) is 9.86. The average Bonchev–Trinajstić information content (AvgIpc) is 3.73. The molecular weight excluding hydrogens is 669 g/mol. The Morgan fingerprint density at radius 2 is 1.43 bits per heavy atom. The lowest BCUT2D eigenvalue weighted by atomic mass is 9.53. The second kappa shape index (κ2) is 8.09. The van der Waals surface area contributed by atoms with Crippen LogP contribution in [0.5, 0.6) is 0 Å². The molecule has 10 heterocycles. The quantitative estimate of drug-likeness (QED) is 0.336. The molecule has 3 unspecified atom stereocenters. The Morgan fingerprint density at radius 1 is 0.783 bits per heavy atom. The Kier molecular flexibility index (Phi) is 4.97. The number of fused-ring (bicyclic) bond motifs is 11. The number of likely N-dealkylation sites (N-methyl/N-ethyl adjacent to an activating group) is 2. The average molecular weight is 697 g/mol. The van der Waals surface area contributed by atoms with Crippen molar-refractivity contribution in [3.8, 4) is 0 Å². The van der Waals surface area contributed by atoms with Crippen molar-refractivity contribution in [1.29, 1.82) is 0 Å². The summed E-state index contributed by atoms with van der Waals surface area (Å²) in [5.74, 6) is -1.35. The molecule has 9 atom stereocenters. The van der Waals surface area contributed by atoms with Crippen molar-refractivity contribution >= 4 is 78.2 Å². The highest BCUT2D eigenvalue weighted by Crippen LogP contribution is 2.78. The molecule has 4 N–H and O–H groups in total. The molecule has 4 bridgehead atoms. The Morgan fingerprint density at radius 3 is 2.15 bits per heavy atom. The summed E-state index contributed by atoms with van der Waals surface area (Å²) in [6.07, 6.45) is -3.11. The van der Waals surface area contributed by atoms with Crippen LogP contribution in [0, 0.1) is 0 Å². The summed E-state index contributed by atoms with van der Waals surface area (Å²) in [7, 11) is 8.13. The highest BCUT2D eigenvalue weighted by atomic mass is 33.1. The van der Waals surface area contributed by atoms with E-state index in [-0.39, 0.29) is 18.2 Å². The van der Waals surface area contributed by atoms with Gasteiger partial charge in [-0.1, -0.05) is 58.0 Å². The number of piperazine rings is 2. The van der Waals surface area contributed by atoms with Crippen LogP contribution in [0.1, 0.15) is 24.5 Å². The highest BCUT2D eigenvalue weighted by Gasteiger charge is 2.90. The van der Waals surface area contributed by atoms with Gasteiger partial charge in [-0.25, -0.2) is 0 Å². The molecule has 46 heavy (non-hydrogen) atoms. The normalized spacial score (nSPS) is 45.4. The number of para-hydroxylation sites is 2. The summed E-state index contributed by atoms with van der Waals surface area (Å²) < 4.78 is 0. The number of nitrogens with zero attached hydrogens (tertiary/aromatic N) is 4. The van der Waals surface area contributed by atoms with Crippen molar-refractivity contribution in [1.82, 2.24) is 19.6 Å². The van der Waals surface area contributed by atoms with Gasteiger partial charge in [-0.15, -0.1) is 0 Å². The van der Waals surface area contributed by atoms with Gasteiger partial charge < -0.3 is 30.6 Å². The van der Waals surface area contributed by atoms with E-state index in [0.29, 0.717) is 11.3 Å². The van der Waals surface area contributed by atoms with Gasteiger partial charge in [0.25, 0.3) is 23.6 Å². The Bertz CT molecular complexity index is 1890. The number of benzene rings is 2. The van der Waals surface area contributed by atoms with Gasteiger partial charge >= 0.3 is 0 Å². The summed E-state index contributed by atoms with van der Waals surface area (Å²) >= 11 is 0. The van der Waals surface area contributed by atoms with Crippen molar-refractivity contribution in [2.75, 3.05) is 31.3 Å². The van der Waals surface area contributed by atoms with E-state index in [1.807, 2.05) is 48.5 Å². The number of hydrogen-bond acceptors (Lipinski definition) is 12. The van der Waals surface area contributed by atoms with Crippen LogP contribution >= 0.6 is 43.2 Å². The SMILES string of the molecule is CN1C(=O)[C@@]23C[C@]4(C56c7ccccc7NC5N5C(=O)[C@]7(CO)SS[C@]5(C(=O)N7C)[C@H]6O)c5ccccc5NC4N2C(=O)[C@]1(C)SS3. The zero-order valence-electron chi connectivity index (χ0n) is 24.7. The molecule has 2 spiro atoms. The molecule has 0 saturated carbocycles. The monoisotopic (exact) mass is 696 g/mol. The smallest absolute Gasteiger partial charge is 0.265 e. The Labute approximate surface area is 279 Å². The van der Waals surface area contributed by atoms with E-state index in [0.717, 1.165) is 32.8 Å². The van der Waals surface area contributed by atoms with E-state index in [4.69, 9.17) is 0 Å². The number of hydrogen-bond donors (Lipinski definition) is 4. The van der Waals surface area contributed by atoms with Crippen molar-refractivity contribution in [2.45, 2.75) is 62.1 Å². The fraction of sp³-hybridized carbons (Fsp3) is 0.467. The number of carbonyl (C=O) groups is 4. The molecule has 12 nitrogen and oxygen atoms in total. The van der Waals surface area contributed by atoms with Crippen molar-refractivity contribution in [3.63, 3.8) is 0 Å². The van der Waals surface area contributed by atoms with E-state index in [2.05, 4.69) is 10.6 Å². The topological polar surface area (TPSA) is 146 Å². The second-order valence-corrected chi connectivity index (χ2v) is 18.9. The van der Waals surface area contributed by atoms with Gasteiger partial charge in [0.15, 0.2) is 9.74 Å². The largest absolute Gasteiger partial charge is 0.392 e. The summed E-state index contributed by atoms with van der Waals surface area (Å²) in [6, 6.07) is 15.3. The van der Waals surface area contributed by atoms with Crippen LogP contribution in [-0.2, 0) is 30.0 Å². The molecule has 2 aromatic carbocycles. The third kappa shape index (κ3) is 2.39. The molecule has 16 heteroatoms. The first-order chi connectivity index (χ1) is 21.9. The molecule has 4 amide bonds. The van der Waals surface area contributed by atoms with Crippen LogP contribution in [0.15, 0.2) is 48.5 Å². The lowest BCUT2D eigenvalue weighted by Gasteiger charge is -2.58. The van der Waals surface area contributed by atoms with Gasteiger partial charge in [0.05, 0.1) is 17.4 Å². The van der Waals surface area contributed by atoms with Crippen LogP contribution in [-0.4, -0.2) is 112 Å². The Hall–Kier alpha value is -2.76. The van der Waals surface area contributed by atoms with Crippen molar-refractivity contribution in [2.24, 2.45) is 0 Å². The standard InChI is InChI=1S/C30H28N6O6S4/c1-25-21(39)35-19-26(14-8-4-6-10-16(14)31-19,12-27(35,44-43-25)22(40)33(25)2)29-15-9-5-7-11-17(15)32-20(29)36-23(41)28(13-37)34(3)24(42)30(36,18(29)38)46-45-28/h4-11,18-20,31-32,37-38H,12-13H2,1-3H3/t18-,19?,20?,25-,26-,27-,28-,29?,30-/m0/s1.